The maximum atomic E-state index is 13.1. The Bertz CT molecular complexity index is 546. The summed E-state index contributed by atoms with van der Waals surface area (Å²) in [6, 6.07) is 6.12. The van der Waals surface area contributed by atoms with Gasteiger partial charge in [0.1, 0.15) is 0 Å². The van der Waals surface area contributed by atoms with Crippen molar-refractivity contribution >= 4 is 17.6 Å². The summed E-state index contributed by atoms with van der Waals surface area (Å²) >= 11 is 0. The first kappa shape index (κ1) is 19.9. The highest BCUT2D eigenvalue weighted by atomic mass is 19.1. The lowest BCUT2D eigenvalue weighted by atomic mass is 9.94. The molecule has 0 saturated heterocycles. The molecule has 4 N–H and O–H groups in total. The van der Waals surface area contributed by atoms with Crippen LogP contribution in [-0.2, 0) is 25.5 Å². The molecule has 8 heteroatoms. The molecule has 0 saturated carbocycles. The van der Waals surface area contributed by atoms with Crippen molar-refractivity contribution in [1.29, 1.82) is 0 Å². The van der Waals surface area contributed by atoms with Crippen molar-refractivity contribution < 1.29 is 33.7 Å². The van der Waals surface area contributed by atoms with Crippen molar-refractivity contribution in [3.8, 4) is 0 Å². The van der Waals surface area contributed by atoms with E-state index in [1.807, 2.05) is 0 Å². The van der Waals surface area contributed by atoms with Crippen LogP contribution in [0, 0.1) is 0 Å². The molecule has 0 spiro atoms. The van der Waals surface area contributed by atoms with E-state index in [-0.39, 0.29) is 13.0 Å². The molecule has 2 unspecified atom stereocenters. The van der Waals surface area contributed by atoms with E-state index in [0.29, 0.717) is 11.3 Å². The highest BCUT2D eigenvalue weighted by molar-refractivity contribution is 6.02. The minimum atomic E-state index is -2.49. The van der Waals surface area contributed by atoms with Crippen LogP contribution in [0.4, 0.5) is 10.1 Å². The van der Waals surface area contributed by atoms with Gasteiger partial charge in [-0.15, -0.1) is 0 Å². The van der Waals surface area contributed by atoms with Gasteiger partial charge in [0.15, 0.2) is 0 Å². The number of anilines is 1. The number of carbonyl (C=O) groups is 2. The van der Waals surface area contributed by atoms with Gasteiger partial charge in [0, 0.05) is 25.6 Å². The van der Waals surface area contributed by atoms with Crippen LogP contribution in [0.2, 0.25) is 0 Å². The van der Waals surface area contributed by atoms with Gasteiger partial charge in [-0.05, 0) is 24.6 Å². The van der Waals surface area contributed by atoms with Crippen molar-refractivity contribution in [2.45, 2.75) is 37.6 Å². The van der Waals surface area contributed by atoms with Crippen LogP contribution >= 0.6 is 0 Å². The second kappa shape index (κ2) is 8.60. The monoisotopic (exact) mass is 343 g/mol. The van der Waals surface area contributed by atoms with Gasteiger partial charge in [-0.1, -0.05) is 12.1 Å². The number of halogens is 1. The molecule has 0 heterocycles. The van der Waals surface area contributed by atoms with E-state index in [2.05, 4.69) is 0 Å². The molecule has 0 aliphatic carbocycles. The first-order chi connectivity index (χ1) is 11.2. The Morgan fingerprint density at radius 2 is 1.79 bits per heavy atom. The van der Waals surface area contributed by atoms with Crippen LogP contribution in [0.15, 0.2) is 24.3 Å². The molecular weight excluding hydrogens is 321 g/mol. The smallest absolute Gasteiger partial charge is 0.348 e. The first-order valence-electron chi connectivity index (χ1n) is 7.33. The van der Waals surface area contributed by atoms with E-state index in [9.17, 15) is 24.2 Å². The Kier molecular flexibility index (Phi) is 7.12. The van der Waals surface area contributed by atoms with E-state index in [1.165, 1.54) is 38.3 Å². The van der Waals surface area contributed by atoms with Crippen LogP contribution in [0.5, 0.6) is 0 Å². The molecular formula is C16H22FNO6. The summed E-state index contributed by atoms with van der Waals surface area (Å²) < 4.78 is 23.3. The van der Waals surface area contributed by atoms with Gasteiger partial charge in [0.2, 0.25) is 0 Å². The molecule has 0 radical (unpaired) electrons. The van der Waals surface area contributed by atoms with Gasteiger partial charge < -0.3 is 25.4 Å². The molecule has 0 fully saturated rings. The molecule has 1 rings (SSSR count). The average Bonchev–Trinajstić information content (AvgIpc) is 2.50. The number of hydrogen-bond donors (Lipinski definition) is 3. The number of hydrogen-bond acceptors (Lipinski definition) is 5. The molecule has 7 nitrogen and oxygen atoms in total. The van der Waals surface area contributed by atoms with E-state index in [0.717, 1.165) is 0 Å². The third kappa shape index (κ3) is 5.17. The first-order valence-corrected chi connectivity index (χ1v) is 7.33. The number of aliphatic carboxylic acids is 2. The zero-order valence-electron chi connectivity index (χ0n) is 13.6. The molecule has 0 aliphatic rings. The fourth-order valence-corrected chi connectivity index (χ4v) is 2.17. The Labute approximate surface area is 139 Å². The third-order valence-electron chi connectivity index (χ3n) is 3.56. The second-order valence-corrected chi connectivity index (χ2v) is 5.54. The Hall–Kier alpha value is -2.19. The number of nitrogen functional groups attached to an aromatic ring is 1. The number of carboxylic acid groups (broad SMARTS) is 2. The van der Waals surface area contributed by atoms with Crippen LogP contribution in [0.25, 0.3) is 0 Å². The number of alkyl halides is 1. The summed E-state index contributed by atoms with van der Waals surface area (Å²) in [5.74, 6) is -3.29. The molecule has 1 aromatic carbocycles. The van der Waals surface area contributed by atoms with Crippen molar-refractivity contribution in [2.24, 2.45) is 0 Å². The van der Waals surface area contributed by atoms with Gasteiger partial charge in [-0.25, -0.2) is 14.0 Å². The van der Waals surface area contributed by atoms with E-state index in [4.69, 9.17) is 15.2 Å². The van der Waals surface area contributed by atoms with Crippen molar-refractivity contribution in [3.05, 3.63) is 29.8 Å². The third-order valence-corrected chi connectivity index (χ3v) is 3.56. The number of nitrogens with two attached hydrogens (primary N) is 1. The van der Waals surface area contributed by atoms with Crippen LogP contribution in [0.1, 0.15) is 18.9 Å². The van der Waals surface area contributed by atoms with E-state index in [1.54, 1.807) is 0 Å². The molecule has 0 aromatic heterocycles. The topological polar surface area (TPSA) is 119 Å². The summed E-state index contributed by atoms with van der Waals surface area (Å²) in [6.07, 6.45) is -2.39. The normalized spacial score (nSPS) is 14.1. The number of methoxy groups -OCH3 is 1. The van der Waals surface area contributed by atoms with Gasteiger partial charge >= 0.3 is 11.9 Å². The lowest BCUT2D eigenvalue weighted by Gasteiger charge is -2.27. The number of rotatable bonds is 10. The standard InChI is InChI=1S/C16H22FNO6/c1-10(17)7-13(23-2)9-24-16(14(19)20,15(21)22)8-11-3-5-12(18)6-4-11/h3-6,10,13H,7-9,18H2,1-2H3,(H,19,20)(H,21,22). The lowest BCUT2D eigenvalue weighted by molar-refractivity contribution is -0.187. The number of carboxylic acids is 2. The second-order valence-electron chi connectivity index (χ2n) is 5.54. The lowest BCUT2D eigenvalue weighted by Crippen LogP contribution is -2.52. The number of ether oxygens (including phenoxy) is 2. The van der Waals surface area contributed by atoms with E-state index < -0.39 is 36.2 Å². The zero-order valence-corrected chi connectivity index (χ0v) is 13.6. The maximum absolute atomic E-state index is 13.1. The number of benzene rings is 1. The highest BCUT2D eigenvalue weighted by Gasteiger charge is 2.48. The molecule has 134 valence electrons. The summed E-state index contributed by atoms with van der Waals surface area (Å²) in [6.45, 7) is 0.959. The maximum Gasteiger partial charge on any atom is 0.348 e. The molecule has 0 aliphatic heterocycles. The van der Waals surface area contributed by atoms with Crippen molar-refractivity contribution in [3.63, 3.8) is 0 Å². The molecule has 24 heavy (non-hydrogen) atoms. The SMILES string of the molecule is COC(COC(Cc1ccc(N)cc1)(C(=O)O)C(=O)O)CC(C)F. The molecule has 0 amide bonds. The molecule has 0 bridgehead atoms. The predicted octanol–water partition coefficient (Wildman–Crippen LogP) is 1.50. The van der Waals surface area contributed by atoms with Gasteiger partial charge in [-0.3, -0.25) is 0 Å². The van der Waals surface area contributed by atoms with Crippen LogP contribution in [0.3, 0.4) is 0 Å². The average molecular weight is 343 g/mol. The zero-order chi connectivity index (χ0) is 18.3. The summed E-state index contributed by atoms with van der Waals surface area (Å²) in [5.41, 5.74) is 3.96. The predicted molar refractivity (Wildman–Crippen MR) is 84.5 cm³/mol. The largest absolute Gasteiger partial charge is 0.479 e. The van der Waals surface area contributed by atoms with Crippen LogP contribution < -0.4 is 5.73 Å². The minimum Gasteiger partial charge on any atom is -0.479 e. The highest BCUT2D eigenvalue weighted by Crippen LogP contribution is 2.22. The fraction of sp³-hybridized carbons (Fsp3) is 0.500. The van der Waals surface area contributed by atoms with Gasteiger partial charge in [-0.2, -0.15) is 0 Å². The Morgan fingerprint density at radius 3 is 2.21 bits per heavy atom. The van der Waals surface area contributed by atoms with Crippen molar-refractivity contribution in [1.82, 2.24) is 0 Å². The summed E-state index contributed by atoms with van der Waals surface area (Å²) in [4.78, 5) is 23.2. The van der Waals surface area contributed by atoms with E-state index >= 15 is 0 Å². The van der Waals surface area contributed by atoms with Crippen LogP contribution in [-0.4, -0.2) is 53.7 Å². The molecule has 2 atom stereocenters. The van der Waals surface area contributed by atoms with Gasteiger partial charge in [0.25, 0.3) is 5.60 Å². The Morgan fingerprint density at radius 1 is 1.25 bits per heavy atom. The van der Waals surface area contributed by atoms with Crippen molar-refractivity contribution in [2.75, 3.05) is 19.5 Å². The Balaban J connectivity index is 2.99. The summed E-state index contributed by atoms with van der Waals surface area (Å²) in [7, 11) is 1.32. The molecule has 1 aromatic rings. The minimum absolute atomic E-state index is 0.0340. The fourth-order valence-electron chi connectivity index (χ4n) is 2.17. The van der Waals surface area contributed by atoms with Gasteiger partial charge in [0.05, 0.1) is 18.9 Å². The summed E-state index contributed by atoms with van der Waals surface area (Å²) in [5, 5.41) is 18.9. The quantitative estimate of drug-likeness (QED) is 0.435.